The number of benzene rings is 5. The van der Waals surface area contributed by atoms with E-state index < -0.39 is 17.1 Å². The summed E-state index contributed by atoms with van der Waals surface area (Å²) < 4.78 is 0. The molecular formula is C37H29N5O3S2. The van der Waals surface area contributed by atoms with Crippen molar-refractivity contribution in [1.82, 2.24) is 15.5 Å². The monoisotopic (exact) mass is 655 g/mol. The summed E-state index contributed by atoms with van der Waals surface area (Å²) in [6.07, 6.45) is 1.68. The second kappa shape index (κ2) is 14.7. The van der Waals surface area contributed by atoms with Crippen LogP contribution in [0.4, 0.5) is 10.8 Å². The predicted octanol–water partition coefficient (Wildman–Crippen LogP) is 7.88. The maximum absolute atomic E-state index is 13.8. The summed E-state index contributed by atoms with van der Waals surface area (Å²) in [6.45, 7) is 1.83. The van der Waals surface area contributed by atoms with Crippen molar-refractivity contribution < 1.29 is 14.4 Å². The molecule has 0 bridgehead atoms. The highest BCUT2D eigenvalue weighted by Gasteiger charge is 2.24. The van der Waals surface area contributed by atoms with Gasteiger partial charge in [0.05, 0.1) is 0 Å². The van der Waals surface area contributed by atoms with Gasteiger partial charge in [0.1, 0.15) is 16.0 Å². The fourth-order valence-electron chi connectivity index (χ4n) is 4.87. The second-order valence-corrected chi connectivity index (χ2v) is 12.8. The first-order valence-corrected chi connectivity index (χ1v) is 16.4. The third kappa shape index (κ3) is 7.99. The number of nitrogens with one attached hydrogen (secondary N) is 3. The Morgan fingerprint density at radius 1 is 0.766 bits per heavy atom. The van der Waals surface area contributed by atoms with Crippen molar-refractivity contribution in [1.29, 1.82) is 0 Å². The summed E-state index contributed by atoms with van der Waals surface area (Å²) in [5, 5.41) is 19.2. The lowest BCUT2D eigenvalue weighted by Gasteiger charge is -2.17. The largest absolute Gasteiger partial charge is 0.321 e. The number of fused-ring (bicyclic) bond motifs is 1. The van der Waals surface area contributed by atoms with Crippen molar-refractivity contribution in [2.24, 2.45) is 0 Å². The lowest BCUT2D eigenvalue weighted by molar-refractivity contribution is -0.116. The van der Waals surface area contributed by atoms with Crippen LogP contribution >= 0.6 is 23.1 Å². The first-order chi connectivity index (χ1) is 22.9. The van der Waals surface area contributed by atoms with Gasteiger partial charge in [-0.2, -0.15) is 0 Å². The van der Waals surface area contributed by atoms with E-state index in [0.717, 1.165) is 31.8 Å². The van der Waals surface area contributed by atoms with Crippen LogP contribution in [-0.4, -0.2) is 27.9 Å². The van der Waals surface area contributed by atoms with Crippen molar-refractivity contribution in [3.63, 3.8) is 0 Å². The van der Waals surface area contributed by atoms with Crippen molar-refractivity contribution in [2.45, 2.75) is 17.1 Å². The van der Waals surface area contributed by atoms with Gasteiger partial charge in [0.2, 0.25) is 11.0 Å². The normalized spacial score (nSPS) is 11.9. The summed E-state index contributed by atoms with van der Waals surface area (Å²) in [7, 11) is 0. The lowest BCUT2D eigenvalue weighted by Crippen LogP contribution is -2.30. The summed E-state index contributed by atoms with van der Waals surface area (Å²) in [6, 6.07) is 39.1. The molecule has 0 saturated heterocycles. The Labute approximate surface area is 280 Å². The molecule has 0 fully saturated rings. The van der Waals surface area contributed by atoms with E-state index in [4.69, 9.17) is 0 Å². The maximum Gasteiger partial charge on any atom is 0.272 e. The molecule has 1 heterocycles. The lowest BCUT2D eigenvalue weighted by atomic mass is 10.0. The van der Waals surface area contributed by atoms with E-state index in [1.54, 1.807) is 42.5 Å². The van der Waals surface area contributed by atoms with Crippen LogP contribution in [0.5, 0.6) is 0 Å². The first-order valence-electron chi connectivity index (χ1n) is 14.7. The number of aryl methyl sites for hydroxylation is 1. The van der Waals surface area contributed by atoms with Gasteiger partial charge in [0.25, 0.3) is 11.8 Å². The number of hydrogen-bond acceptors (Lipinski definition) is 7. The highest BCUT2D eigenvalue weighted by Crippen LogP contribution is 2.37. The first kappa shape index (κ1) is 31.4. The van der Waals surface area contributed by atoms with Gasteiger partial charge >= 0.3 is 0 Å². The number of nitrogens with zero attached hydrogens (tertiary/aromatic N) is 2. The van der Waals surface area contributed by atoms with Crippen molar-refractivity contribution in [3.05, 3.63) is 155 Å². The van der Waals surface area contributed by atoms with Gasteiger partial charge in [-0.25, -0.2) is 0 Å². The molecule has 0 aliphatic heterocycles. The Kier molecular flexibility index (Phi) is 9.81. The third-order valence-corrected chi connectivity index (χ3v) is 9.10. The molecule has 1 unspecified atom stereocenters. The van der Waals surface area contributed by atoms with Crippen LogP contribution in [0.25, 0.3) is 16.8 Å². The Balaban J connectivity index is 1.27. The van der Waals surface area contributed by atoms with E-state index in [1.165, 1.54) is 23.1 Å². The molecule has 0 aliphatic rings. The topological polar surface area (TPSA) is 113 Å². The summed E-state index contributed by atoms with van der Waals surface area (Å²) >= 11 is 2.65. The van der Waals surface area contributed by atoms with Gasteiger partial charge in [-0.15, -0.1) is 22.0 Å². The number of carbonyl (C=O) groups is 3. The Morgan fingerprint density at radius 2 is 1.47 bits per heavy atom. The molecule has 8 nitrogen and oxygen atoms in total. The zero-order valence-electron chi connectivity index (χ0n) is 25.2. The molecule has 6 aromatic rings. The van der Waals surface area contributed by atoms with E-state index in [1.807, 2.05) is 97.9 Å². The Morgan fingerprint density at radius 3 is 2.23 bits per heavy atom. The molecule has 1 atom stereocenters. The Bertz CT molecular complexity index is 2080. The van der Waals surface area contributed by atoms with E-state index in [2.05, 4.69) is 26.1 Å². The quantitative estimate of drug-likeness (QED) is 0.102. The van der Waals surface area contributed by atoms with Crippen LogP contribution in [0.3, 0.4) is 0 Å². The molecule has 0 spiro atoms. The summed E-state index contributed by atoms with van der Waals surface area (Å²) in [4.78, 5) is 41.2. The number of anilines is 2. The van der Waals surface area contributed by atoms with Crippen LogP contribution in [0.1, 0.15) is 31.7 Å². The molecule has 3 N–H and O–H groups in total. The van der Waals surface area contributed by atoms with Gasteiger partial charge in [-0.1, -0.05) is 108 Å². The number of thioether (sulfide) groups is 1. The third-order valence-electron chi connectivity index (χ3n) is 7.09. The van der Waals surface area contributed by atoms with Gasteiger partial charge in [-0.05, 0) is 65.2 Å². The average molecular weight is 656 g/mol. The Hall–Kier alpha value is -5.58. The van der Waals surface area contributed by atoms with Crippen LogP contribution in [0.15, 0.2) is 138 Å². The van der Waals surface area contributed by atoms with Gasteiger partial charge in [-0.3, -0.25) is 19.7 Å². The average Bonchev–Trinajstić information content (AvgIpc) is 3.51. The molecule has 232 valence electrons. The number of carbonyl (C=O) groups excluding carboxylic acids is 3. The summed E-state index contributed by atoms with van der Waals surface area (Å²) in [5.41, 5.74) is 2.62. The van der Waals surface area contributed by atoms with E-state index in [9.17, 15) is 14.4 Å². The molecule has 0 aliphatic carbocycles. The smallest absolute Gasteiger partial charge is 0.272 e. The zero-order chi connectivity index (χ0) is 32.6. The minimum Gasteiger partial charge on any atom is -0.321 e. The van der Waals surface area contributed by atoms with Crippen molar-refractivity contribution in [3.8, 4) is 0 Å². The molecule has 5 aromatic carbocycles. The summed E-state index contributed by atoms with van der Waals surface area (Å²) in [5.74, 6) is -1.14. The molecule has 6 rings (SSSR count). The molecule has 1 aromatic heterocycles. The van der Waals surface area contributed by atoms with Crippen molar-refractivity contribution in [2.75, 3.05) is 10.6 Å². The standard InChI is InChI=1S/C37H29N5O3S2/c1-24-41-42-37(46-24)40-36(45)33(26-13-4-2-5-14-26)47-30-20-11-19-29(23-30)38-35(44)32(39-34(43)27-15-6-3-7-16-27)22-28-18-10-17-25-12-8-9-21-31(25)28/h2-23,33H,1H3,(H,38,44)(H,39,43)(H,40,42,45)/b32-22+. The van der Waals surface area contributed by atoms with Crippen LogP contribution in [0, 0.1) is 6.92 Å². The number of aromatic nitrogens is 2. The highest BCUT2D eigenvalue weighted by atomic mass is 32.2. The zero-order valence-corrected chi connectivity index (χ0v) is 26.8. The number of hydrogen-bond donors (Lipinski definition) is 3. The number of rotatable bonds is 10. The van der Waals surface area contributed by atoms with Crippen LogP contribution in [0.2, 0.25) is 0 Å². The van der Waals surface area contributed by atoms with Gasteiger partial charge in [0, 0.05) is 16.1 Å². The predicted molar refractivity (Wildman–Crippen MR) is 189 cm³/mol. The maximum atomic E-state index is 13.8. The SMILES string of the molecule is Cc1nnc(NC(=O)C(Sc2cccc(NC(=O)/C(=C\c3cccc4ccccc34)NC(=O)c3ccccc3)c2)c2ccccc2)s1. The fraction of sp³-hybridized carbons (Fsp3) is 0.0541. The fourth-order valence-corrected chi connectivity index (χ4v) is 6.55. The van der Waals surface area contributed by atoms with Crippen LogP contribution < -0.4 is 16.0 Å². The molecule has 3 amide bonds. The molecular weight excluding hydrogens is 627 g/mol. The van der Waals surface area contributed by atoms with Gasteiger partial charge < -0.3 is 10.6 Å². The van der Waals surface area contributed by atoms with Crippen molar-refractivity contribution >= 4 is 68.5 Å². The van der Waals surface area contributed by atoms with Gasteiger partial charge in [0.15, 0.2) is 0 Å². The molecule has 10 heteroatoms. The number of amides is 3. The van der Waals surface area contributed by atoms with E-state index in [0.29, 0.717) is 16.4 Å². The molecule has 47 heavy (non-hydrogen) atoms. The minimum atomic E-state index is -0.599. The molecule has 0 saturated carbocycles. The highest BCUT2D eigenvalue weighted by molar-refractivity contribution is 8.00. The van der Waals surface area contributed by atoms with E-state index >= 15 is 0 Å². The molecule has 0 radical (unpaired) electrons. The van der Waals surface area contributed by atoms with E-state index in [-0.39, 0.29) is 11.6 Å². The minimum absolute atomic E-state index is 0.0853. The van der Waals surface area contributed by atoms with Crippen LogP contribution in [-0.2, 0) is 9.59 Å². The second-order valence-electron chi connectivity index (χ2n) is 10.5.